The number of hydrogen-bond acceptors (Lipinski definition) is 4. The SMILES string of the molecule is CN(C)C1CCN(c2ccc(-n3ccc(OCc4ccc(F)cc4)cc3=O)cc2)C1. The monoisotopic (exact) mass is 407 g/mol. The van der Waals surface area contributed by atoms with E-state index < -0.39 is 0 Å². The van der Waals surface area contributed by atoms with Gasteiger partial charge < -0.3 is 14.5 Å². The van der Waals surface area contributed by atoms with Crippen LogP contribution in [0, 0.1) is 5.82 Å². The van der Waals surface area contributed by atoms with Gasteiger partial charge in [0.25, 0.3) is 5.56 Å². The summed E-state index contributed by atoms with van der Waals surface area (Å²) in [5, 5.41) is 0. The zero-order valence-corrected chi connectivity index (χ0v) is 17.3. The lowest BCUT2D eigenvalue weighted by molar-refractivity contribution is 0.305. The average Bonchev–Trinajstić information content (AvgIpc) is 3.24. The van der Waals surface area contributed by atoms with Gasteiger partial charge in [0.15, 0.2) is 0 Å². The fraction of sp³-hybridized carbons (Fsp3) is 0.292. The molecule has 0 radical (unpaired) electrons. The Morgan fingerprint density at radius 1 is 1.03 bits per heavy atom. The molecule has 2 heterocycles. The Morgan fingerprint density at radius 3 is 2.37 bits per heavy atom. The number of hydrogen-bond donors (Lipinski definition) is 0. The second-order valence-corrected chi connectivity index (χ2v) is 7.85. The smallest absolute Gasteiger partial charge is 0.258 e. The van der Waals surface area contributed by atoms with Crippen LogP contribution in [0.1, 0.15) is 12.0 Å². The zero-order valence-electron chi connectivity index (χ0n) is 17.3. The van der Waals surface area contributed by atoms with Gasteiger partial charge in [0.2, 0.25) is 0 Å². The molecule has 5 nitrogen and oxygen atoms in total. The van der Waals surface area contributed by atoms with Gasteiger partial charge in [0.05, 0.1) is 0 Å². The molecule has 1 unspecified atom stereocenters. The Morgan fingerprint density at radius 2 is 1.73 bits per heavy atom. The summed E-state index contributed by atoms with van der Waals surface area (Å²) in [5.74, 6) is 0.207. The molecule has 0 bridgehead atoms. The minimum absolute atomic E-state index is 0.159. The minimum Gasteiger partial charge on any atom is -0.489 e. The molecule has 4 rings (SSSR count). The van der Waals surface area contributed by atoms with E-state index in [2.05, 4.69) is 36.0 Å². The van der Waals surface area contributed by atoms with Crippen molar-refractivity contribution in [2.24, 2.45) is 0 Å². The van der Waals surface area contributed by atoms with Crippen LogP contribution in [0.25, 0.3) is 5.69 Å². The lowest BCUT2D eigenvalue weighted by atomic mass is 10.2. The molecule has 2 aromatic carbocycles. The molecule has 1 aromatic heterocycles. The lowest BCUT2D eigenvalue weighted by Gasteiger charge is -2.22. The van der Waals surface area contributed by atoms with Crippen molar-refractivity contribution in [2.75, 3.05) is 32.1 Å². The molecular formula is C24H26FN3O2. The van der Waals surface area contributed by atoms with E-state index in [0.717, 1.165) is 30.8 Å². The Kier molecular flexibility index (Phi) is 5.86. The predicted molar refractivity (Wildman–Crippen MR) is 117 cm³/mol. The molecule has 0 aliphatic carbocycles. The summed E-state index contributed by atoms with van der Waals surface area (Å²) in [7, 11) is 4.24. The van der Waals surface area contributed by atoms with Crippen LogP contribution in [0.5, 0.6) is 5.75 Å². The topological polar surface area (TPSA) is 37.7 Å². The van der Waals surface area contributed by atoms with Crippen molar-refractivity contribution in [1.82, 2.24) is 9.47 Å². The highest BCUT2D eigenvalue weighted by molar-refractivity contribution is 5.52. The largest absolute Gasteiger partial charge is 0.489 e. The second-order valence-electron chi connectivity index (χ2n) is 7.85. The van der Waals surface area contributed by atoms with E-state index >= 15 is 0 Å². The number of aromatic nitrogens is 1. The summed E-state index contributed by atoms with van der Waals surface area (Å²) >= 11 is 0. The number of nitrogens with zero attached hydrogens (tertiary/aromatic N) is 3. The molecule has 0 amide bonds. The number of anilines is 1. The quantitative estimate of drug-likeness (QED) is 0.625. The van der Waals surface area contributed by atoms with Crippen LogP contribution >= 0.6 is 0 Å². The molecule has 1 aliphatic heterocycles. The van der Waals surface area contributed by atoms with Crippen LogP contribution in [0.4, 0.5) is 10.1 Å². The van der Waals surface area contributed by atoms with Gasteiger partial charge in [0, 0.05) is 42.8 Å². The highest BCUT2D eigenvalue weighted by atomic mass is 19.1. The maximum Gasteiger partial charge on any atom is 0.258 e. The van der Waals surface area contributed by atoms with E-state index in [4.69, 9.17) is 4.74 Å². The average molecular weight is 407 g/mol. The minimum atomic E-state index is -0.283. The van der Waals surface area contributed by atoms with Gasteiger partial charge in [-0.05, 0) is 68.5 Å². The molecule has 6 heteroatoms. The second kappa shape index (κ2) is 8.71. The third-order valence-corrected chi connectivity index (χ3v) is 5.60. The van der Waals surface area contributed by atoms with E-state index in [9.17, 15) is 9.18 Å². The van der Waals surface area contributed by atoms with Crippen molar-refractivity contribution in [3.63, 3.8) is 0 Å². The van der Waals surface area contributed by atoms with Gasteiger partial charge in [-0.15, -0.1) is 0 Å². The zero-order chi connectivity index (χ0) is 21.1. The van der Waals surface area contributed by atoms with Gasteiger partial charge in [0.1, 0.15) is 18.2 Å². The third-order valence-electron chi connectivity index (χ3n) is 5.60. The molecule has 0 N–H and O–H groups in total. The molecular weight excluding hydrogens is 381 g/mol. The Hall–Kier alpha value is -3.12. The van der Waals surface area contributed by atoms with Crippen molar-refractivity contribution < 1.29 is 9.13 Å². The molecule has 1 atom stereocenters. The molecule has 30 heavy (non-hydrogen) atoms. The highest BCUT2D eigenvalue weighted by Gasteiger charge is 2.23. The highest BCUT2D eigenvalue weighted by Crippen LogP contribution is 2.23. The molecule has 0 spiro atoms. The Balaban J connectivity index is 1.43. The van der Waals surface area contributed by atoms with Crippen molar-refractivity contribution in [3.05, 3.63) is 88.6 Å². The van der Waals surface area contributed by atoms with Crippen LogP contribution in [-0.4, -0.2) is 42.7 Å². The van der Waals surface area contributed by atoms with Gasteiger partial charge >= 0.3 is 0 Å². The molecule has 1 aliphatic rings. The lowest BCUT2D eigenvalue weighted by Crippen LogP contribution is -2.31. The number of ether oxygens (including phenoxy) is 1. The summed E-state index contributed by atoms with van der Waals surface area (Å²) in [6.07, 6.45) is 2.88. The van der Waals surface area contributed by atoms with Crippen LogP contribution in [0.3, 0.4) is 0 Å². The van der Waals surface area contributed by atoms with Crippen molar-refractivity contribution in [2.45, 2.75) is 19.1 Å². The normalized spacial score (nSPS) is 16.3. The summed E-state index contributed by atoms with van der Waals surface area (Å²) in [5.41, 5.74) is 2.68. The molecule has 0 saturated carbocycles. The summed E-state index contributed by atoms with van der Waals surface area (Å²) in [6, 6.07) is 18.0. The van der Waals surface area contributed by atoms with Gasteiger partial charge in [-0.25, -0.2) is 4.39 Å². The maximum absolute atomic E-state index is 13.0. The Labute approximate surface area is 175 Å². The first-order valence-corrected chi connectivity index (χ1v) is 10.1. The first-order chi connectivity index (χ1) is 14.5. The summed E-state index contributed by atoms with van der Waals surface area (Å²) in [4.78, 5) is 17.2. The molecule has 1 saturated heterocycles. The van der Waals surface area contributed by atoms with Crippen molar-refractivity contribution in [1.29, 1.82) is 0 Å². The van der Waals surface area contributed by atoms with E-state index in [-0.39, 0.29) is 18.0 Å². The van der Waals surface area contributed by atoms with Crippen LogP contribution in [0.2, 0.25) is 0 Å². The van der Waals surface area contributed by atoms with Gasteiger partial charge in [-0.1, -0.05) is 12.1 Å². The molecule has 1 fully saturated rings. The predicted octanol–water partition coefficient (Wildman–Crippen LogP) is 3.70. The summed E-state index contributed by atoms with van der Waals surface area (Å²) < 4.78 is 20.3. The fourth-order valence-corrected chi connectivity index (χ4v) is 3.73. The number of benzene rings is 2. The fourth-order valence-electron chi connectivity index (χ4n) is 3.73. The van der Waals surface area contributed by atoms with E-state index in [1.54, 1.807) is 29.0 Å². The molecule has 3 aromatic rings. The van der Waals surface area contributed by atoms with E-state index in [1.165, 1.54) is 23.9 Å². The molecule has 156 valence electrons. The third kappa shape index (κ3) is 4.54. The van der Waals surface area contributed by atoms with Crippen LogP contribution in [0.15, 0.2) is 71.7 Å². The van der Waals surface area contributed by atoms with Crippen LogP contribution < -0.4 is 15.2 Å². The summed E-state index contributed by atoms with van der Waals surface area (Å²) in [6.45, 7) is 2.34. The number of likely N-dealkylation sites (N-methyl/N-ethyl adjacent to an activating group) is 1. The Bertz CT molecular complexity index is 1050. The van der Waals surface area contributed by atoms with Crippen molar-refractivity contribution in [3.8, 4) is 11.4 Å². The van der Waals surface area contributed by atoms with Gasteiger partial charge in [-0.3, -0.25) is 9.36 Å². The number of halogens is 1. The maximum atomic E-state index is 13.0. The van der Waals surface area contributed by atoms with E-state index in [0.29, 0.717) is 11.8 Å². The first kappa shape index (κ1) is 20.2. The number of pyridine rings is 1. The first-order valence-electron chi connectivity index (χ1n) is 10.1. The van der Waals surface area contributed by atoms with E-state index in [1.807, 2.05) is 12.1 Å². The number of rotatable bonds is 6. The van der Waals surface area contributed by atoms with Crippen molar-refractivity contribution >= 4 is 5.69 Å². The van der Waals surface area contributed by atoms with Gasteiger partial charge in [-0.2, -0.15) is 0 Å². The standard InChI is InChI=1S/C24H26FN3O2/c1-26(2)22-11-13-27(16-22)20-7-9-21(10-8-20)28-14-12-23(15-24(28)29)30-17-18-3-5-19(25)6-4-18/h3-10,12,14-15,22H,11,13,16-17H2,1-2H3. The van der Waals surface area contributed by atoms with Crippen LogP contribution in [-0.2, 0) is 6.61 Å².